The van der Waals surface area contributed by atoms with Gasteiger partial charge in [0.25, 0.3) is 0 Å². The molecule has 0 amide bonds. The van der Waals surface area contributed by atoms with E-state index in [1.165, 1.54) is 30.4 Å². The lowest BCUT2D eigenvalue weighted by Crippen LogP contribution is -2.42. The zero-order valence-corrected chi connectivity index (χ0v) is 20.3. The van der Waals surface area contributed by atoms with E-state index in [0.717, 1.165) is 25.7 Å². The minimum absolute atomic E-state index is 0.159. The second kappa shape index (κ2) is 8.99. The number of hydrogen-bond acceptors (Lipinski definition) is 5. The molecule has 3 aliphatic carbocycles. The quantitative estimate of drug-likeness (QED) is 0.425. The second-order valence-electron chi connectivity index (χ2n) is 10.2. The Morgan fingerprint density at radius 1 is 1.28 bits per heavy atom. The van der Waals surface area contributed by atoms with Crippen molar-refractivity contribution in [3.63, 3.8) is 0 Å². The Hall–Kier alpha value is -1.57. The molecule has 0 saturated heterocycles. The highest BCUT2D eigenvalue weighted by molar-refractivity contribution is 7.84. The van der Waals surface area contributed by atoms with E-state index in [2.05, 4.69) is 30.2 Å². The predicted octanol–water partition coefficient (Wildman–Crippen LogP) is 4.82. The third-order valence-corrected chi connectivity index (χ3v) is 8.97. The van der Waals surface area contributed by atoms with Crippen molar-refractivity contribution in [3.05, 3.63) is 34.9 Å². The number of fused-ring (bicyclic) bond motifs is 5. The third kappa shape index (κ3) is 4.44. The van der Waals surface area contributed by atoms with Crippen molar-refractivity contribution in [1.82, 2.24) is 0 Å². The molecule has 32 heavy (non-hydrogen) atoms. The van der Waals surface area contributed by atoms with Gasteiger partial charge in [0.2, 0.25) is 0 Å². The molecular weight excluding hydrogens is 426 g/mol. The average Bonchev–Trinajstić information content (AvgIpc) is 3.09. The van der Waals surface area contributed by atoms with E-state index in [9.17, 15) is 13.5 Å². The molecule has 0 radical (unpaired) electrons. The van der Waals surface area contributed by atoms with E-state index in [0.29, 0.717) is 35.8 Å². The van der Waals surface area contributed by atoms with Crippen molar-refractivity contribution < 1.29 is 22.4 Å². The van der Waals surface area contributed by atoms with Crippen LogP contribution in [0.5, 0.6) is 11.5 Å². The van der Waals surface area contributed by atoms with Crippen LogP contribution in [0.1, 0.15) is 75.8 Å². The minimum Gasteiger partial charge on any atom is -0.504 e. The van der Waals surface area contributed by atoms with E-state index in [4.69, 9.17) is 9.88 Å². The van der Waals surface area contributed by atoms with Gasteiger partial charge in [0, 0.05) is 0 Å². The molecule has 0 aliphatic heterocycles. The topological polar surface area (TPSA) is 98.8 Å². The van der Waals surface area contributed by atoms with Crippen LogP contribution in [0.25, 0.3) is 0 Å². The molecule has 178 valence electrons. The number of rotatable bonds is 8. The fraction of sp³-hybridized carbons (Fsp3) is 0.680. The standard InChI is InChI=1S/C25H37NO5S/c1-16(6-4-5-13-31-32(26,28)29)21-9-10-22-19-8-7-17-14-23(27)24(30-3)15-20(17)18(19)11-12-25(21,22)2/h9,14-16,18-19,22,27H,4-8,10-13H2,1-3H3,(H2,26,28,29)/t16-,18?,19?,22?,25-/m1/s1. The van der Waals surface area contributed by atoms with Crippen LogP contribution < -0.4 is 9.88 Å². The highest BCUT2D eigenvalue weighted by Gasteiger charge is 2.52. The number of ether oxygens (including phenoxy) is 1. The van der Waals surface area contributed by atoms with Crippen LogP contribution in [0.2, 0.25) is 0 Å². The van der Waals surface area contributed by atoms with Crippen molar-refractivity contribution in [1.29, 1.82) is 0 Å². The van der Waals surface area contributed by atoms with Crippen molar-refractivity contribution in [2.45, 2.75) is 71.1 Å². The maximum Gasteiger partial charge on any atom is 0.333 e. The van der Waals surface area contributed by atoms with Crippen LogP contribution in [0.4, 0.5) is 0 Å². The summed E-state index contributed by atoms with van der Waals surface area (Å²) in [6.07, 6.45) is 10.9. The number of benzene rings is 1. The number of phenols is 1. The summed E-state index contributed by atoms with van der Waals surface area (Å²) in [4.78, 5) is 0. The van der Waals surface area contributed by atoms with Gasteiger partial charge >= 0.3 is 10.3 Å². The van der Waals surface area contributed by atoms with E-state index < -0.39 is 10.3 Å². The lowest BCUT2D eigenvalue weighted by atomic mass is 9.53. The number of allylic oxidation sites excluding steroid dienone is 2. The van der Waals surface area contributed by atoms with Gasteiger partial charge in [0.15, 0.2) is 11.5 Å². The van der Waals surface area contributed by atoms with Crippen molar-refractivity contribution in [3.8, 4) is 11.5 Å². The molecule has 0 bridgehead atoms. The van der Waals surface area contributed by atoms with Crippen LogP contribution >= 0.6 is 0 Å². The number of aryl methyl sites for hydroxylation is 1. The first-order chi connectivity index (χ1) is 15.1. The van der Waals surface area contributed by atoms with Gasteiger partial charge in [0.1, 0.15) is 0 Å². The zero-order valence-electron chi connectivity index (χ0n) is 19.5. The normalized spacial score (nSPS) is 30.1. The number of aromatic hydroxyl groups is 1. The second-order valence-corrected chi connectivity index (χ2v) is 11.4. The van der Waals surface area contributed by atoms with Crippen molar-refractivity contribution in [2.24, 2.45) is 28.3 Å². The van der Waals surface area contributed by atoms with E-state index in [1.807, 2.05) is 6.07 Å². The molecule has 1 aromatic carbocycles. The summed E-state index contributed by atoms with van der Waals surface area (Å²) >= 11 is 0. The summed E-state index contributed by atoms with van der Waals surface area (Å²) in [5, 5.41) is 15.1. The predicted molar refractivity (Wildman–Crippen MR) is 125 cm³/mol. The Balaban J connectivity index is 1.42. The Morgan fingerprint density at radius 2 is 2.06 bits per heavy atom. The first-order valence-electron chi connectivity index (χ1n) is 11.9. The van der Waals surface area contributed by atoms with Crippen LogP contribution in [-0.2, 0) is 20.9 Å². The maximum atomic E-state index is 10.9. The molecule has 3 unspecified atom stereocenters. The molecule has 1 fully saturated rings. The van der Waals surface area contributed by atoms with Crippen LogP contribution in [0.3, 0.4) is 0 Å². The largest absolute Gasteiger partial charge is 0.504 e. The Morgan fingerprint density at radius 3 is 2.78 bits per heavy atom. The summed E-state index contributed by atoms with van der Waals surface area (Å²) in [5.74, 6) is 3.20. The van der Waals surface area contributed by atoms with Crippen LogP contribution in [0, 0.1) is 23.2 Å². The molecule has 3 aliphatic rings. The van der Waals surface area contributed by atoms with Gasteiger partial charge in [-0.1, -0.05) is 31.9 Å². The monoisotopic (exact) mass is 463 g/mol. The molecule has 1 aromatic rings. The summed E-state index contributed by atoms with van der Waals surface area (Å²) in [5.41, 5.74) is 4.52. The number of phenolic OH excluding ortho intramolecular Hbond substituents is 1. The Bertz CT molecular complexity index is 988. The average molecular weight is 464 g/mol. The molecule has 0 heterocycles. The van der Waals surface area contributed by atoms with Crippen molar-refractivity contribution >= 4 is 10.3 Å². The summed E-state index contributed by atoms with van der Waals surface area (Å²) in [6, 6.07) is 4.00. The van der Waals surface area contributed by atoms with Gasteiger partial charge in [0.05, 0.1) is 13.7 Å². The number of unbranched alkanes of at least 4 members (excludes halogenated alkanes) is 1. The SMILES string of the molecule is COc1cc2c(cc1O)CCC1C2CC[C@]2(C)C([C@H](C)CCCCOS(N)(=O)=O)=CCC12. The van der Waals surface area contributed by atoms with Gasteiger partial charge in [-0.05, 0) is 97.3 Å². The molecule has 4 rings (SSSR count). The Labute approximate surface area is 192 Å². The summed E-state index contributed by atoms with van der Waals surface area (Å²) < 4.78 is 31.9. The van der Waals surface area contributed by atoms with Gasteiger partial charge in [-0.2, -0.15) is 8.42 Å². The molecule has 3 N–H and O–H groups in total. The number of methoxy groups -OCH3 is 1. The molecule has 1 saturated carbocycles. The van der Waals surface area contributed by atoms with Gasteiger partial charge in [-0.15, -0.1) is 0 Å². The first kappa shape index (κ1) is 23.6. The molecule has 7 heteroatoms. The van der Waals surface area contributed by atoms with Crippen molar-refractivity contribution in [2.75, 3.05) is 13.7 Å². The molecule has 5 atom stereocenters. The molecule has 0 spiro atoms. The molecular formula is C25H37NO5S. The maximum absolute atomic E-state index is 10.9. The minimum atomic E-state index is -3.84. The van der Waals surface area contributed by atoms with Gasteiger partial charge in [-0.3, -0.25) is 4.18 Å². The number of hydrogen-bond donors (Lipinski definition) is 2. The Kier molecular flexibility index (Phi) is 6.63. The lowest BCUT2D eigenvalue weighted by Gasteiger charge is -2.51. The highest BCUT2D eigenvalue weighted by atomic mass is 32.2. The zero-order chi connectivity index (χ0) is 23.1. The third-order valence-electron chi connectivity index (χ3n) is 8.48. The highest BCUT2D eigenvalue weighted by Crippen LogP contribution is 2.62. The number of nitrogens with two attached hydrogens (primary N) is 1. The molecule has 0 aromatic heterocycles. The van der Waals surface area contributed by atoms with E-state index >= 15 is 0 Å². The van der Waals surface area contributed by atoms with E-state index in [1.54, 1.807) is 12.7 Å². The summed E-state index contributed by atoms with van der Waals surface area (Å²) in [6.45, 7) is 4.95. The van der Waals surface area contributed by atoms with Crippen LogP contribution in [0.15, 0.2) is 23.8 Å². The molecule has 6 nitrogen and oxygen atoms in total. The fourth-order valence-electron chi connectivity index (χ4n) is 7.00. The smallest absolute Gasteiger partial charge is 0.333 e. The van der Waals surface area contributed by atoms with Gasteiger partial charge in [-0.25, -0.2) is 5.14 Å². The van der Waals surface area contributed by atoms with Crippen LogP contribution in [-0.4, -0.2) is 27.2 Å². The van der Waals surface area contributed by atoms with Gasteiger partial charge < -0.3 is 9.84 Å². The fourth-order valence-corrected chi connectivity index (χ4v) is 7.35. The van der Waals surface area contributed by atoms with E-state index in [-0.39, 0.29) is 17.8 Å². The summed E-state index contributed by atoms with van der Waals surface area (Å²) in [7, 11) is -2.22. The first-order valence-corrected chi connectivity index (χ1v) is 13.4. The lowest BCUT2D eigenvalue weighted by molar-refractivity contribution is 0.0685.